The van der Waals surface area contributed by atoms with Crippen LogP contribution in [0.5, 0.6) is 0 Å². The van der Waals surface area contributed by atoms with E-state index in [0.29, 0.717) is 31.6 Å². The quantitative estimate of drug-likeness (QED) is 0.256. The summed E-state index contributed by atoms with van der Waals surface area (Å²) < 4.78 is 5.51. The van der Waals surface area contributed by atoms with Crippen molar-refractivity contribution in [1.82, 2.24) is 20.9 Å². The predicted molar refractivity (Wildman–Crippen MR) is 141 cm³/mol. The van der Waals surface area contributed by atoms with Crippen LogP contribution in [-0.2, 0) is 16.1 Å². The number of hydrogen-bond donors (Lipinski definition) is 3. The van der Waals surface area contributed by atoms with Crippen molar-refractivity contribution in [2.45, 2.75) is 33.4 Å². The molecule has 1 unspecified atom stereocenters. The molecule has 2 aliphatic rings. The first-order valence-electron chi connectivity index (χ1n) is 11.5. The summed E-state index contributed by atoms with van der Waals surface area (Å²) in [4.78, 5) is 21.0. The van der Waals surface area contributed by atoms with Crippen molar-refractivity contribution >= 4 is 41.5 Å². The van der Waals surface area contributed by atoms with E-state index in [4.69, 9.17) is 9.73 Å². The largest absolute Gasteiger partial charge is 0.379 e. The topological polar surface area (TPSA) is 81.2 Å². The second-order valence-electron chi connectivity index (χ2n) is 8.47. The van der Waals surface area contributed by atoms with E-state index in [2.05, 4.69) is 70.8 Å². The minimum Gasteiger partial charge on any atom is -0.379 e. The van der Waals surface area contributed by atoms with Gasteiger partial charge in [-0.2, -0.15) is 0 Å². The minimum atomic E-state index is 0. The molecule has 32 heavy (non-hydrogen) atoms. The van der Waals surface area contributed by atoms with Gasteiger partial charge in [0.25, 0.3) is 0 Å². The summed E-state index contributed by atoms with van der Waals surface area (Å²) in [5, 5.41) is 9.77. The number of piperazine rings is 1. The Morgan fingerprint density at radius 3 is 2.50 bits per heavy atom. The first kappa shape index (κ1) is 26.7. The highest BCUT2D eigenvalue weighted by Gasteiger charge is 2.24. The van der Waals surface area contributed by atoms with Crippen molar-refractivity contribution in [1.29, 1.82) is 0 Å². The fraction of sp³-hybridized carbons (Fsp3) is 0.652. The molecule has 3 rings (SSSR count). The molecule has 1 aromatic carbocycles. The Kier molecular flexibility index (Phi) is 11.5. The van der Waals surface area contributed by atoms with Gasteiger partial charge >= 0.3 is 0 Å². The van der Waals surface area contributed by atoms with Gasteiger partial charge in [-0.05, 0) is 30.5 Å². The van der Waals surface area contributed by atoms with E-state index >= 15 is 0 Å². The maximum atomic E-state index is 11.6. The van der Waals surface area contributed by atoms with Gasteiger partial charge < -0.3 is 25.6 Å². The van der Waals surface area contributed by atoms with E-state index in [-0.39, 0.29) is 29.9 Å². The van der Waals surface area contributed by atoms with Gasteiger partial charge in [0.05, 0.1) is 26.3 Å². The van der Waals surface area contributed by atoms with Crippen LogP contribution < -0.4 is 20.9 Å². The van der Waals surface area contributed by atoms with Gasteiger partial charge in [0.15, 0.2) is 5.96 Å². The number of hydrogen-bond acceptors (Lipinski definition) is 5. The summed E-state index contributed by atoms with van der Waals surface area (Å²) >= 11 is 0. The molecule has 0 radical (unpaired) electrons. The fourth-order valence-electron chi connectivity index (χ4n) is 4.08. The predicted octanol–water partition coefficient (Wildman–Crippen LogP) is 1.65. The number of carbonyl (C=O) groups excluding carboxylic acids is 1. The Morgan fingerprint density at radius 2 is 1.88 bits per heavy atom. The zero-order valence-electron chi connectivity index (χ0n) is 19.6. The molecule has 2 heterocycles. The van der Waals surface area contributed by atoms with Gasteiger partial charge in [0.2, 0.25) is 5.91 Å². The van der Waals surface area contributed by atoms with Crippen LogP contribution in [0.3, 0.4) is 0 Å². The van der Waals surface area contributed by atoms with Crippen LogP contribution in [0.1, 0.15) is 26.3 Å². The van der Waals surface area contributed by atoms with E-state index in [1.165, 1.54) is 0 Å². The Labute approximate surface area is 209 Å². The number of nitrogens with one attached hydrogen (secondary N) is 3. The van der Waals surface area contributed by atoms with Gasteiger partial charge in [-0.1, -0.05) is 26.0 Å². The summed E-state index contributed by atoms with van der Waals surface area (Å²) in [5.41, 5.74) is 2.23. The first-order valence-corrected chi connectivity index (χ1v) is 11.5. The number of nitrogens with zero attached hydrogens (tertiary/aromatic N) is 3. The zero-order valence-corrected chi connectivity index (χ0v) is 21.9. The van der Waals surface area contributed by atoms with E-state index in [0.717, 1.165) is 63.1 Å². The molecule has 3 N–H and O–H groups in total. The van der Waals surface area contributed by atoms with Crippen LogP contribution in [0.4, 0.5) is 5.69 Å². The minimum absolute atomic E-state index is 0. The molecule has 0 spiro atoms. The molecule has 0 saturated carbocycles. The molecule has 1 amide bonds. The van der Waals surface area contributed by atoms with Crippen LogP contribution >= 0.6 is 24.0 Å². The monoisotopic (exact) mass is 558 g/mol. The summed E-state index contributed by atoms with van der Waals surface area (Å²) in [5.74, 6) is 1.48. The fourth-order valence-corrected chi connectivity index (χ4v) is 4.08. The lowest BCUT2D eigenvalue weighted by Crippen LogP contribution is -2.52. The number of benzene rings is 1. The van der Waals surface area contributed by atoms with Crippen molar-refractivity contribution < 1.29 is 9.53 Å². The van der Waals surface area contributed by atoms with E-state index in [9.17, 15) is 4.79 Å². The van der Waals surface area contributed by atoms with Crippen LogP contribution in [-0.4, -0.2) is 81.8 Å². The Hall–Kier alpha value is -1.59. The molecule has 0 aliphatic carbocycles. The summed E-state index contributed by atoms with van der Waals surface area (Å²) in [6.45, 7) is 14.5. The summed E-state index contributed by atoms with van der Waals surface area (Å²) in [6, 6.07) is 8.81. The Bertz CT molecular complexity index is 722. The number of amides is 1. The molecule has 0 aromatic heterocycles. The number of ether oxygens (including phenoxy) is 1. The van der Waals surface area contributed by atoms with Crippen LogP contribution in [0.25, 0.3) is 0 Å². The number of anilines is 1. The smallest absolute Gasteiger partial charge is 0.239 e. The zero-order chi connectivity index (χ0) is 22.1. The van der Waals surface area contributed by atoms with E-state index < -0.39 is 0 Å². The third-order valence-corrected chi connectivity index (χ3v) is 5.87. The molecule has 9 heteroatoms. The second kappa shape index (κ2) is 13.8. The number of aliphatic imine (C=N–C) groups is 1. The van der Waals surface area contributed by atoms with Crippen LogP contribution in [0.2, 0.25) is 0 Å². The first-order chi connectivity index (χ1) is 15.1. The number of halogens is 1. The molecule has 1 aromatic rings. The van der Waals surface area contributed by atoms with Crippen LogP contribution in [0.15, 0.2) is 29.3 Å². The number of rotatable bonds is 8. The molecule has 2 aliphatic heterocycles. The third kappa shape index (κ3) is 8.08. The van der Waals surface area contributed by atoms with E-state index in [1.807, 2.05) is 0 Å². The maximum Gasteiger partial charge on any atom is 0.239 e. The molecule has 1 atom stereocenters. The van der Waals surface area contributed by atoms with Crippen molar-refractivity contribution in [2.75, 3.05) is 63.9 Å². The highest BCUT2D eigenvalue weighted by molar-refractivity contribution is 14.0. The van der Waals surface area contributed by atoms with Gasteiger partial charge in [-0.25, -0.2) is 4.99 Å². The second-order valence-corrected chi connectivity index (χ2v) is 8.47. The van der Waals surface area contributed by atoms with Crippen LogP contribution in [0, 0.1) is 5.92 Å². The average Bonchev–Trinajstić information content (AvgIpc) is 2.78. The molecule has 8 nitrogen and oxygen atoms in total. The number of guanidine groups is 1. The average molecular weight is 559 g/mol. The van der Waals surface area contributed by atoms with Crippen molar-refractivity contribution in [3.8, 4) is 0 Å². The Balaban J connectivity index is 0.00000363. The highest BCUT2D eigenvalue weighted by atomic mass is 127. The molecular formula is C23H39IN6O2. The van der Waals surface area contributed by atoms with E-state index in [1.54, 1.807) is 0 Å². The van der Waals surface area contributed by atoms with Crippen molar-refractivity contribution in [2.24, 2.45) is 10.9 Å². The molecular weight excluding hydrogens is 519 g/mol. The van der Waals surface area contributed by atoms with Crippen molar-refractivity contribution in [3.05, 3.63) is 29.8 Å². The lowest BCUT2D eigenvalue weighted by molar-refractivity contribution is -0.120. The SMILES string of the molecule is CCNC(=NCc1ccc(N2CCNC(=O)C2)cc1)NCC(C(C)C)N1CCOCC1.I. The summed E-state index contributed by atoms with van der Waals surface area (Å²) in [7, 11) is 0. The number of morpholine rings is 1. The molecule has 180 valence electrons. The number of carbonyl (C=O) groups is 1. The normalized spacial score (nSPS) is 18.7. The Morgan fingerprint density at radius 1 is 1.16 bits per heavy atom. The highest BCUT2D eigenvalue weighted by Crippen LogP contribution is 2.16. The lowest BCUT2D eigenvalue weighted by Gasteiger charge is -2.37. The van der Waals surface area contributed by atoms with Gasteiger partial charge in [-0.15, -0.1) is 24.0 Å². The summed E-state index contributed by atoms with van der Waals surface area (Å²) in [6.07, 6.45) is 0. The van der Waals surface area contributed by atoms with Gasteiger partial charge in [-0.3, -0.25) is 9.69 Å². The maximum absolute atomic E-state index is 11.6. The third-order valence-electron chi connectivity index (χ3n) is 5.87. The lowest BCUT2D eigenvalue weighted by atomic mass is 10.0. The standard InChI is InChI=1S/C23H38N6O2.HI/c1-4-24-23(27-16-21(18(2)3)28-11-13-31-14-12-28)26-15-19-5-7-20(8-6-19)29-10-9-25-22(30)17-29;/h5-8,18,21H,4,9-17H2,1-3H3,(H,25,30)(H2,24,26,27);1H. The molecule has 0 bridgehead atoms. The van der Waals surface area contributed by atoms with Crippen molar-refractivity contribution in [3.63, 3.8) is 0 Å². The van der Waals surface area contributed by atoms with Gasteiger partial charge in [0.1, 0.15) is 0 Å². The molecule has 2 saturated heterocycles. The molecule has 2 fully saturated rings. The van der Waals surface area contributed by atoms with Gasteiger partial charge in [0, 0.05) is 51.0 Å².